The Morgan fingerprint density at radius 3 is 2.53 bits per heavy atom. The lowest BCUT2D eigenvalue weighted by atomic mass is 9.98. The summed E-state index contributed by atoms with van der Waals surface area (Å²) in [7, 11) is 1.67. The Labute approximate surface area is 112 Å². The molecule has 2 rings (SSSR count). The Morgan fingerprint density at radius 1 is 1.21 bits per heavy atom. The Kier molecular flexibility index (Phi) is 3.64. The van der Waals surface area contributed by atoms with Gasteiger partial charge in [0, 0.05) is 5.56 Å². The minimum atomic E-state index is 0.350. The summed E-state index contributed by atoms with van der Waals surface area (Å²) in [6.45, 7) is 5.99. The van der Waals surface area contributed by atoms with E-state index in [1.807, 2.05) is 18.2 Å². The van der Waals surface area contributed by atoms with Crippen molar-refractivity contribution in [3.05, 3.63) is 29.6 Å². The third-order valence-corrected chi connectivity index (χ3v) is 2.94. The zero-order chi connectivity index (χ0) is 14.0. The quantitative estimate of drug-likeness (QED) is 0.915. The van der Waals surface area contributed by atoms with Crippen molar-refractivity contribution in [1.29, 1.82) is 0 Å². The maximum Gasteiger partial charge on any atom is 0.154 e. The van der Waals surface area contributed by atoms with Gasteiger partial charge in [-0.2, -0.15) is 0 Å². The molecule has 0 aliphatic heterocycles. The molecule has 0 aliphatic rings. The molecule has 0 saturated heterocycles. The molecule has 5 nitrogen and oxygen atoms in total. The first-order valence-electron chi connectivity index (χ1n) is 6.18. The predicted octanol–water partition coefficient (Wildman–Crippen LogP) is 2.56. The number of benzene rings is 1. The fourth-order valence-corrected chi connectivity index (χ4v) is 1.96. The second kappa shape index (κ2) is 5.22. The van der Waals surface area contributed by atoms with E-state index in [1.54, 1.807) is 14.0 Å². The number of aromatic nitrogens is 3. The number of nitrogens with two attached hydrogens (primary N) is 1. The maximum atomic E-state index is 5.91. The summed E-state index contributed by atoms with van der Waals surface area (Å²) >= 11 is 0. The first-order valence-corrected chi connectivity index (χ1v) is 6.18. The zero-order valence-corrected chi connectivity index (χ0v) is 11.6. The highest BCUT2D eigenvalue weighted by Crippen LogP contribution is 2.31. The fraction of sp³-hybridized carbons (Fsp3) is 0.357. The van der Waals surface area contributed by atoms with E-state index < -0.39 is 0 Å². The van der Waals surface area contributed by atoms with E-state index in [4.69, 9.17) is 10.5 Å². The number of nitrogens with zero attached hydrogens (tertiary/aromatic N) is 3. The third kappa shape index (κ3) is 2.65. The van der Waals surface area contributed by atoms with E-state index in [1.165, 1.54) is 0 Å². The maximum absolute atomic E-state index is 5.91. The number of aryl methyl sites for hydroxylation is 1. The molecular weight excluding hydrogens is 240 g/mol. The number of rotatable bonds is 3. The number of anilines is 1. The lowest BCUT2D eigenvalue weighted by Gasteiger charge is -2.13. The van der Waals surface area contributed by atoms with Crippen LogP contribution >= 0.6 is 0 Å². The minimum Gasteiger partial charge on any atom is -0.496 e. The van der Waals surface area contributed by atoms with Gasteiger partial charge in [-0.3, -0.25) is 0 Å². The molecule has 2 N–H and O–H groups in total. The molecule has 0 atom stereocenters. The summed E-state index contributed by atoms with van der Waals surface area (Å²) in [4.78, 5) is 4.14. The van der Waals surface area contributed by atoms with Crippen LogP contribution in [0.5, 0.6) is 5.75 Å². The van der Waals surface area contributed by atoms with E-state index in [2.05, 4.69) is 29.0 Å². The molecule has 19 heavy (non-hydrogen) atoms. The van der Waals surface area contributed by atoms with E-state index in [0.717, 1.165) is 16.9 Å². The fourth-order valence-electron chi connectivity index (χ4n) is 1.96. The monoisotopic (exact) mass is 258 g/mol. The zero-order valence-electron chi connectivity index (χ0n) is 11.6. The van der Waals surface area contributed by atoms with E-state index in [0.29, 0.717) is 23.3 Å². The van der Waals surface area contributed by atoms with Crippen LogP contribution in [-0.2, 0) is 0 Å². The van der Waals surface area contributed by atoms with Crippen molar-refractivity contribution in [2.75, 3.05) is 12.8 Å². The molecule has 1 aromatic carbocycles. The Morgan fingerprint density at radius 2 is 1.95 bits per heavy atom. The van der Waals surface area contributed by atoms with Gasteiger partial charge in [0.05, 0.1) is 7.11 Å². The van der Waals surface area contributed by atoms with Crippen LogP contribution in [0.4, 0.5) is 5.82 Å². The normalized spacial score (nSPS) is 10.8. The minimum absolute atomic E-state index is 0.350. The largest absolute Gasteiger partial charge is 0.496 e. The van der Waals surface area contributed by atoms with Crippen molar-refractivity contribution in [2.45, 2.75) is 26.7 Å². The average molecular weight is 258 g/mol. The number of methoxy groups -OCH3 is 1. The standard InChI is InChI=1S/C14H18N4O/c1-8(2)11-7-10(5-6-12(11)19-4)13-14(15)16-9(3)17-18-13/h5-8H,1-4H3,(H2,15,16,17). The SMILES string of the molecule is COc1ccc(-c2nnc(C)nc2N)cc1C(C)C. The van der Waals surface area contributed by atoms with Gasteiger partial charge in [0.15, 0.2) is 5.82 Å². The first kappa shape index (κ1) is 13.3. The first-order chi connectivity index (χ1) is 9.02. The van der Waals surface area contributed by atoms with Gasteiger partial charge in [-0.05, 0) is 36.6 Å². The van der Waals surface area contributed by atoms with Crippen LogP contribution in [0.25, 0.3) is 11.3 Å². The summed E-state index contributed by atoms with van der Waals surface area (Å²) in [5.74, 6) is 2.18. The van der Waals surface area contributed by atoms with Crippen LogP contribution in [0.1, 0.15) is 31.2 Å². The summed E-state index contributed by atoms with van der Waals surface area (Å²) < 4.78 is 5.36. The highest BCUT2D eigenvalue weighted by molar-refractivity contribution is 5.70. The van der Waals surface area contributed by atoms with E-state index in [-0.39, 0.29) is 0 Å². The van der Waals surface area contributed by atoms with Gasteiger partial charge in [0.1, 0.15) is 17.3 Å². The summed E-state index contributed by atoms with van der Waals surface area (Å²) in [5, 5.41) is 8.09. The molecular formula is C14H18N4O. The third-order valence-electron chi connectivity index (χ3n) is 2.94. The number of nitrogen functional groups attached to an aromatic ring is 1. The summed E-state index contributed by atoms with van der Waals surface area (Å²) in [5.41, 5.74) is 8.53. The van der Waals surface area contributed by atoms with Crippen molar-refractivity contribution < 1.29 is 4.74 Å². The lowest BCUT2D eigenvalue weighted by Crippen LogP contribution is -2.03. The molecule has 0 saturated carbocycles. The van der Waals surface area contributed by atoms with Crippen LogP contribution in [-0.4, -0.2) is 22.3 Å². The van der Waals surface area contributed by atoms with Gasteiger partial charge in [0.2, 0.25) is 0 Å². The summed E-state index contributed by atoms with van der Waals surface area (Å²) in [6, 6.07) is 5.87. The molecule has 0 unspecified atom stereocenters. The Balaban J connectivity index is 2.54. The second-order valence-corrected chi connectivity index (χ2v) is 4.70. The predicted molar refractivity (Wildman–Crippen MR) is 75.1 cm³/mol. The number of hydrogen-bond donors (Lipinski definition) is 1. The molecule has 2 aromatic rings. The topological polar surface area (TPSA) is 73.9 Å². The van der Waals surface area contributed by atoms with E-state index >= 15 is 0 Å². The number of ether oxygens (including phenoxy) is 1. The highest BCUT2D eigenvalue weighted by atomic mass is 16.5. The molecule has 0 fully saturated rings. The molecule has 1 heterocycles. The molecule has 0 bridgehead atoms. The molecule has 1 aromatic heterocycles. The Bertz CT molecular complexity index is 596. The highest BCUT2D eigenvalue weighted by Gasteiger charge is 2.12. The second-order valence-electron chi connectivity index (χ2n) is 4.70. The molecule has 0 radical (unpaired) electrons. The molecule has 5 heteroatoms. The molecule has 100 valence electrons. The van der Waals surface area contributed by atoms with Crippen molar-refractivity contribution in [2.24, 2.45) is 0 Å². The number of hydrogen-bond acceptors (Lipinski definition) is 5. The van der Waals surface area contributed by atoms with Gasteiger partial charge in [-0.15, -0.1) is 10.2 Å². The van der Waals surface area contributed by atoms with Crippen LogP contribution < -0.4 is 10.5 Å². The van der Waals surface area contributed by atoms with Crippen molar-refractivity contribution in [3.8, 4) is 17.0 Å². The molecule has 0 spiro atoms. The molecule has 0 amide bonds. The smallest absolute Gasteiger partial charge is 0.154 e. The average Bonchev–Trinajstić information content (AvgIpc) is 2.38. The Hall–Kier alpha value is -2.17. The van der Waals surface area contributed by atoms with Crippen LogP contribution in [0.3, 0.4) is 0 Å². The van der Waals surface area contributed by atoms with Gasteiger partial charge in [-0.25, -0.2) is 4.98 Å². The van der Waals surface area contributed by atoms with Gasteiger partial charge < -0.3 is 10.5 Å². The van der Waals surface area contributed by atoms with Gasteiger partial charge in [0.25, 0.3) is 0 Å². The lowest BCUT2D eigenvalue weighted by molar-refractivity contribution is 0.407. The van der Waals surface area contributed by atoms with Gasteiger partial charge in [-0.1, -0.05) is 13.8 Å². The van der Waals surface area contributed by atoms with Gasteiger partial charge >= 0.3 is 0 Å². The van der Waals surface area contributed by atoms with E-state index in [9.17, 15) is 0 Å². The van der Waals surface area contributed by atoms with Crippen molar-refractivity contribution in [3.63, 3.8) is 0 Å². The van der Waals surface area contributed by atoms with Crippen LogP contribution in [0.15, 0.2) is 18.2 Å². The molecule has 0 aliphatic carbocycles. The van der Waals surface area contributed by atoms with Crippen molar-refractivity contribution >= 4 is 5.82 Å². The van der Waals surface area contributed by atoms with Crippen LogP contribution in [0, 0.1) is 6.92 Å². The van der Waals surface area contributed by atoms with Crippen LogP contribution in [0.2, 0.25) is 0 Å². The summed E-state index contributed by atoms with van der Waals surface area (Å²) in [6.07, 6.45) is 0. The van der Waals surface area contributed by atoms with Crippen molar-refractivity contribution in [1.82, 2.24) is 15.2 Å².